The van der Waals surface area contributed by atoms with E-state index in [2.05, 4.69) is 5.32 Å². The van der Waals surface area contributed by atoms with Gasteiger partial charge < -0.3 is 14.5 Å². The molecule has 0 saturated heterocycles. The molecule has 3 nitrogen and oxygen atoms in total. The van der Waals surface area contributed by atoms with E-state index in [9.17, 15) is 8.78 Å². The number of rotatable bonds is 6. The minimum Gasteiger partial charge on any atom is -0.482 e. The summed E-state index contributed by atoms with van der Waals surface area (Å²) in [6, 6.07) is 7.77. The van der Waals surface area contributed by atoms with Crippen molar-refractivity contribution in [2.45, 2.75) is 33.0 Å². The smallest absolute Gasteiger partial charge is 0.200 e. The van der Waals surface area contributed by atoms with Crippen molar-refractivity contribution in [3.63, 3.8) is 0 Å². The van der Waals surface area contributed by atoms with Gasteiger partial charge in [0, 0.05) is 6.04 Å². The van der Waals surface area contributed by atoms with Crippen LogP contribution in [0.15, 0.2) is 34.7 Å². The van der Waals surface area contributed by atoms with Crippen molar-refractivity contribution >= 4 is 0 Å². The molecule has 5 heteroatoms. The van der Waals surface area contributed by atoms with E-state index in [4.69, 9.17) is 9.15 Å². The molecule has 0 aliphatic rings. The molecule has 0 unspecified atom stereocenters. The summed E-state index contributed by atoms with van der Waals surface area (Å²) >= 11 is 0. The van der Waals surface area contributed by atoms with Crippen molar-refractivity contribution < 1.29 is 17.9 Å². The normalized spacial score (nSPS) is 11.1. The van der Waals surface area contributed by atoms with Crippen molar-refractivity contribution in [2.75, 3.05) is 0 Å². The van der Waals surface area contributed by atoms with Gasteiger partial charge in [-0.05, 0) is 24.3 Å². The van der Waals surface area contributed by atoms with Gasteiger partial charge in [-0.15, -0.1) is 0 Å². The second kappa shape index (κ2) is 6.52. The van der Waals surface area contributed by atoms with Crippen LogP contribution in [0.1, 0.15) is 25.4 Å². The molecule has 0 atom stereocenters. The van der Waals surface area contributed by atoms with Gasteiger partial charge in [0.25, 0.3) is 0 Å². The number of hydrogen-bond acceptors (Lipinski definition) is 3. The third-order valence-corrected chi connectivity index (χ3v) is 2.69. The molecule has 2 aromatic rings. The van der Waals surface area contributed by atoms with Crippen LogP contribution >= 0.6 is 0 Å². The van der Waals surface area contributed by atoms with Crippen molar-refractivity contribution in [2.24, 2.45) is 0 Å². The van der Waals surface area contributed by atoms with Crippen LogP contribution in [0.25, 0.3) is 0 Å². The summed E-state index contributed by atoms with van der Waals surface area (Å²) in [6.07, 6.45) is 0. The van der Waals surface area contributed by atoms with Gasteiger partial charge >= 0.3 is 0 Å². The molecular formula is C15H17F2NO2. The summed E-state index contributed by atoms with van der Waals surface area (Å²) in [4.78, 5) is 0. The molecule has 1 aromatic carbocycles. The second-order valence-electron chi connectivity index (χ2n) is 4.74. The van der Waals surface area contributed by atoms with Gasteiger partial charge in [0.15, 0.2) is 11.6 Å². The molecular weight excluding hydrogens is 264 g/mol. The number of halogens is 2. The van der Waals surface area contributed by atoms with Crippen LogP contribution in [-0.2, 0) is 13.2 Å². The summed E-state index contributed by atoms with van der Waals surface area (Å²) in [5.41, 5.74) is 0. The largest absolute Gasteiger partial charge is 0.482 e. The van der Waals surface area contributed by atoms with Gasteiger partial charge in [-0.25, -0.2) is 4.39 Å². The Morgan fingerprint density at radius 1 is 1.15 bits per heavy atom. The molecule has 108 valence electrons. The quantitative estimate of drug-likeness (QED) is 0.878. The Bertz CT molecular complexity index is 567. The highest BCUT2D eigenvalue weighted by molar-refractivity contribution is 5.25. The molecule has 1 aromatic heterocycles. The van der Waals surface area contributed by atoms with Crippen LogP contribution in [0.5, 0.6) is 5.75 Å². The first-order valence-corrected chi connectivity index (χ1v) is 6.44. The molecule has 0 aliphatic heterocycles. The Morgan fingerprint density at radius 3 is 2.65 bits per heavy atom. The second-order valence-corrected chi connectivity index (χ2v) is 4.74. The monoisotopic (exact) mass is 281 g/mol. The van der Waals surface area contributed by atoms with Crippen LogP contribution in [0.2, 0.25) is 0 Å². The van der Waals surface area contributed by atoms with Gasteiger partial charge in [-0.3, -0.25) is 0 Å². The molecule has 0 bridgehead atoms. The van der Waals surface area contributed by atoms with Crippen LogP contribution < -0.4 is 10.1 Å². The maximum absolute atomic E-state index is 13.4. The maximum atomic E-state index is 13.4. The number of ether oxygens (including phenoxy) is 1. The summed E-state index contributed by atoms with van der Waals surface area (Å²) < 4.78 is 37.1. The average Bonchev–Trinajstić information content (AvgIpc) is 2.86. The Labute approximate surface area is 116 Å². The van der Waals surface area contributed by atoms with E-state index in [0.717, 1.165) is 11.8 Å². The van der Waals surface area contributed by atoms with Crippen LogP contribution in [0, 0.1) is 11.6 Å². The lowest BCUT2D eigenvalue weighted by molar-refractivity contribution is 0.250. The van der Waals surface area contributed by atoms with Crippen molar-refractivity contribution in [1.82, 2.24) is 5.32 Å². The molecule has 1 heterocycles. The first kappa shape index (κ1) is 14.5. The van der Waals surface area contributed by atoms with E-state index >= 15 is 0 Å². The standard InChI is InChI=1S/C15H17F2NO2/c1-10(2)18-8-11-6-7-12(20-11)9-19-14-5-3-4-13(16)15(14)17/h3-7,10,18H,8-9H2,1-2H3. The topological polar surface area (TPSA) is 34.4 Å². The molecule has 0 spiro atoms. The van der Waals surface area contributed by atoms with Crippen molar-refractivity contribution in [3.8, 4) is 5.75 Å². The highest BCUT2D eigenvalue weighted by Gasteiger charge is 2.10. The Kier molecular flexibility index (Phi) is 4.74. The highest BCUT2D eigenvalue weighted by Crippen LogP contribution is 2.20. The minimum atomic E-state index is -0.985. The summed E-state index contributed by atoms with van der Waals surface area (Å²) in [7, 11) is 0. The summed E-state index contributed by atoms with van der Waals surface area (Å²) in [6.45, 7) is 4.76. The molecule has 0 amide bonds. The molecule has 20 heavy (non-hydrogen) atoms. The third kappa shape index (κ3) is 3.81. The zero-order valence-corrected chi connectivity index (χ0v) is 11.5. The van der Waals surface area contributed by atoms with E-state index in [1.807, 2.05) is 19.9 Å². The first-order chi connectivity index (χ1) is 9.56. The molecule has 0 fully saturated rings. The summed E-state index contributed by atoms with van der Waals surface area (Å²) in [5, 5.41) is 3.22. The van der Waals surface area contributed by atoms with Gasteiger partial charge in [-0.1, -0.05) is 19.9 Å². The molecule has 0 aliphatic carbocycles. The Hall–Kier alpha value is -1.88. The van der Waals surface area contributed by atoms with Crippen LogP contribution in [0.3, 0.4) is 0 Å². The van der Waals surface area contributed by atoms with Gasteiger partial charge in [0.2, 0.25) is 5.82 Å². The number of hydrogen-bond donors (Lipinski definition) is 1. The lowest BCUT2D eigenvalue weighted by Gasteiger charge is -2.06. The zero-order chi connectivity index (χ0) is 14.5. The number of benzene rings is 1. The molecule has 0 radical (unpaired) electrons. The van der Waals surface area contributed by atoms with E-state index in [0.29, 0.717) is 18.3 Å². The van der Waals surface area contributed by atoms with Gasteiger partial charge in [-0.2, -0.15) is 4.39 Å². The SMILES string of the molecule is CC(C)NCc1ccc(COc2cccc(F)c2F)o1. The maximum Gasteiger partial charge on any atom is 0.200 e. The minimum absolute atomic E-state index is 0.0576. The van der Waals surface area contributed by atoms with Gasteiger partial charge in [0.1, 0.15) is 18.1 Å². The fourth-order valence-electron chi connectivity index (χ4n) is 1.64. The molecule has 2 rings (SSSR count). The van der Waals surface area contributed by atoms with Crippen molar-refractivity contribution in [3.05, 3.63) is 53.5 Å². The lowest BCUT2D eigenvalue weighted by Crippen LogP contribution is -2.21. The first-order valence-electron chi connectivity index (χ1n) is 6.44. The third-order valence-electron chi connectivity index (χ3n) is 2.69. The predicted molar refractivity (Wildman–Crippen MR) is 71.4 cm³/mol. The average molecular weight is 281 g/mol. The van der Waals surface area contributed by atoms with Crippen molar-refractivity contribution in [1.29, 1.82) is 0 Å². The van der Waals surface area contributed by atoms with E-state index in [-0.39, 0.29) is 12.4 Å². The van der Waals surface area contributed by atoms with E-state index in [1.165, 1.54) is 12.1 Å². The fourth-order valence-corrected chi connectivity index (χ4v) is 1.64. The molecule has 0 saturated carbocycles. The highest BCUT2D eigenvalue weighted by atomic mass is 19.2. The zero-order valence-electron chi connectivity index (χ0n) is 11.5. The number of nitrogens with one attached hydrogen (secondary N) is 1. The van der Waals surface area contributed by atoms with Crippen LogP contribution in [-0.4, -0.2) is 6.04 Å². The predicted octanol–water partition coefficient (Wildman–Crippen LogP) is 3.63. The fraction of sp³-hybridized carbons (Fsp3) is 0.333. The lowest BCUT2D eigenvalue weighted by atomic mass is 10.3. The van der Waals surface area contributed by atoms with Crippen LogP contribution in [0.4, 0.5) is 8.78 Å². The summed E-state index contributed by atoms with van der Waals surface area (Å²) in [5.74, 6) is -0.695. The molecule has 1 N–H and O–H groups in total. The van der Waals surface area contributed by atoms with E-state index in [1.54, 1.807) is 6.07 Å². The number of furan rings is 1. The Balaban J connectivity index is 1.92. The Morgan fingerprint density at radius 2 is 1.90 bits per heavy atom. The van der Waals surface area contributed by atoms with Gasteiger partial charge in [0.05, 0.1) is 6.54 Å². The van der Waals surface area contributed by atoms with E-state index < -0.39 is 11.6 Å².